The van der Waals surface area contributed by atoms with Crippen molar-refractivity contribution in [3.05, 3.63) is 12.4 Å². The van der Waals surface area contributed by atoms with Crippen LogP contribution in [0.5, 0.6) is 0 Å². The second-order valence-electron chi connectivity index (χ2n) is 6.27. The highest BCUT2D eigenvalue weighted by atomic mass is 32.2. The molecule has 23 heavy (non-hydrogen) atoms. The zero-order chi connectivity index (χ0) is 16.3. The normalized spacial score (nSPS) is 20.3. The lowest BCUT2D eigenvalue weighted by molar-refractivity contribution is 0.212. The number of hydrogen-bond acceptors (Lipinski definition) is 6. The fourth-order valence-corrected chi connectivity index (χ4v) is 4.29. The molecule has 1 aromatic heterocycles. The Kier molecular flexibility index (Phi) is 5.01. The Morgan fingerprint density at radius 2 is 1.96 bits per heavy atom. The van der Waals surface area contributed by atoms with Crippen molar-refractivity contribution < 1.29 is 8.42 Å². The molecule has 0 aromatic carbocycles. The average Bonchev–Trinajstić information content (AvgIpc) is 2.54. The molecule has 2 aliphatic rings. The third-order valence-electron chi connectivity index (χ3n) is 4.59. The maximum absolute atomic E-state index is 11.7. The van der Waals surface area contributed by atoms with Crippen molar-refractivity contribution in [2.24, 2.45) is 5.92 Å². The standard InChI is InChI=1S/C15H25N5O2S/c1-2-23(21,22)20-10-13(11-20)9-16-14-8-15(18-12-17-14)19-6-4-3-5-7-19/h8,12-13H,2-7,9-11H2,1H3,(H,16,17,18). The Balaban J connectivity index is 1.50. The SMILES string of the molecule is CCS(=O)(=O)N1CC(CNc2cc(N3CCCCC3)ncn2)C1. The number of piperidine rings is 1. The quantitative estimate of drug-likeness (QED) is 0.838. The summed E-state index contributed by atoms with van der Waals surface area (Å²) in [5, 5.41) is 3.32. The first-order valence-corrected chi connectivity index (χ1v) is 9.98. The second-order valence-corrected chi connectivity index (χ2v) is 8.53. The van der Waals surface area contributed by atoms with Crippen molar-refractivity contribution in [2.75, 3.05) is 48.7 Å². The van der Waals surface area contributed by atoms with E-state index in [1.807, 2.05) is 6.07 Å². The molecule has 1 aromatic rings. The van der Waals surface area contributed by atoms with Gasteiger partial charge in [-0.2, -0.15) is 0 Å². The molecule has 8 heteroatoms. The summed E-state index contributed by atoms with van der Waals surface area (Å²) in [7, 11) is -3.03. The van der Waals surface area contributed by atoms with Gasteiger partial charge in [0.15, 0.2) is 0 Å². The molecular formula is C15H25N5O2S. The summed E-state index contributed by atoms with van der Waals surface area (Å²) in [5.74, 6) is 2.33. The van der Waals surface area contributed by atoms with Crippen LogP contribution in [0.1, 0.15) is 26.2 Å². The molecule has 2 fully saturated rings. The maximum Gasteiger partial charge on any atom is 0.213 e. The van der Waals surface area contributed by atoms with E-state index < -0.39 is 10.0 Å². The molecule has 0 amide bonds. The van der Waals surface area contributed by atoms with Crippen LogP contribution in [0.3, 0.4) is 0 Å². The lowest BCUT2D eigenvalue weighted by atomic mass is 10.0. The van der Waals surface area contributed by atoms with Gasteiger partial charge in [0, 0.05) is 44.7 Å². The van der Waals surface area contributed by atoms with Crippen LogP contribution in [0, 0.1) is 5.92 Å². The van der Waals surface area contributed by atoms with Crippen LogP contribution in [0.15, 0.2) is 12.4 Å². The fourth-order valence-electron chi connectivity index (χ4n) is 3.05. The smallest absolute Gasteiger partial charge is 0.213 e. The molecule has 0 saturated carbocycles. The summed E-state index contributed by atoms with van der Waals surface area (Å²) >= 11 is 0. The first kappa shape index (κ1) is 16.4. The van der Waals surface area contributed by atoms with Gasteiger partial charge >= 0.3 is 0 Å². The van der Waals surface area contributed by atoms with Gasteiger partial charge in [-0.25, -0.2) is 22.7 Å². The molecule has 0 bridgehead atoms. The molecule has 3 rings (SSSR count). The summed E-state index contributed by atoms with van der Waals surface area (Å²) < 4.78 is 25.0. The molecule has 1 N–H and O–H groups in total. The Labute approximate surface area is 138 Å². The molecular weight excluding hydrogens is 314 g/mol. The van der Waals surface area contributed by atoms with Crippen LogP contribution in [0.2, 0.25) is 0 Å². The number of hydrogen-bond donors (Lipinski definition) is 1. The maximum atomic E-state index is 11.7. The van der Waals surface area contributed by atoms with Gasteiger partial charge in [-0.15, -0.1) is 0 Å². The minimum atomic E-state index is -3.03. The minimum Gasteiger partial charge on any atom is -0.370 e. The summed E-state index contributed by atoms with van der Waals surface area (Å²) in [6.45, 7) is 5.75. The number of aromatic nitrogens is 2. The van der Waals surface area contributed by atoms with Crippen molar-refractivity contribution in [3.8, 4) is 0 Å². The summed E-state index contributed by atoms with van der Waals surface area (Å²) in [6, 6.07) is 1.99. The molecule has 7 nitrogen and oxygen atoms in total. The molecule has 0 radical (unpaired) electrons. The Morgan fingerprint density at radius 1 is 1.22 bits per heavy atom. The number of rotatable bonds is 6. The number of nitrogens with zero attached hydrogens (tertiary/aromatic N) is 4. The highest BCUT2D eigenvalue weighted by molar-refractivity contribution is 7.89. The predicted octanol–water partition coefficient (Wildman–Crippen LogP) is 1.16. The van der Waals surface area contributed by atoms with E-state index in [9.17, 15) is 8.42 Å². The predicted molar refractivity (Wildman–Crippen MR) is 91.1 cm³/mol. The first-order valence-electron chi connectivity index (χ1n) is 8.37. The van der Waals surface area contributed by atoms with Gasteiger partial charge in [0.25, 0.3) is 0 Å². The molecule has 128 valence electrons. The van der Waals surface area contributed by atoms with Gasteiger partial charge in [-0.1, -0.05) is 0 Å². The Morgan fingerprint density at radius 3 is 2.65 bits per heavy atom. The highest BCUT2D eigenvalue weighted by Crippen LogP contribution is 2.22. The molecule has 0 atom stereocenters. The monoisotopic (exact) mass is 339 g/mol. The molecule has 0 unspecified atom stereocenters. The van der Waals surface area contributed by atoms with Crippen LogP contribution in [-0.2, 0) is 10.0 Å². The van der Waals surface area contributed by atoms with E-state index in [0.717, 1.165) is 31.3 Å². The Bertz CT molecular complexity index is 625. The van der Waals surface area contributed by atoms with Crippen molar-refractivity contribution >= 4 is 21.7 Å². The van der Waals surface area contributed by atoms with Gasteiger partial charge in [0.1, 0.15) is 18.0 Å². The summed E-state index contributed by atoms with van der Waals surface area (Å²) in [6.07, 6.45) is 5.33. The van der Waals surface area contributed by atoms with Crippen molar-refractivity contribution in [1.82, 2.24) is 14.3 Å². The zero-order valence-electron chi connectivity index (χ0n) is 13.6. The lowest BCUT2D eigenvalue weighted by Crippen LogP contribution is -2.52. The van der Waals surface area contributed by atoms with Gasteiger partial charge < -0.3 is 10.2 Å². The van der Waals surface area contributed by atoms with Gasteiger partial charge in [0.05, 0.1) is 5.75 Å². The average molecular weight is 339 g/mol. The van der Waals surface area contributed by atoms with Crippen molar-refractivity contribution in [1.29, 1.82) is 0 Å². The van der Waals surface area contributed by atoms with Crippen molar-refractivity contribution in [2.45, 2.75) is 26.2 Å². The van der Waals surface area contributed by atoms with Crippen LogP contribution in [0.25, 0.3) is 0 Å². The molecule has 0 aliphatic carbocycles. The van der Waals surface area contributed by atoms with E-state index in [1.54, 1.807) is 17.6 Å². The lowest BCUT2D eigenvalue weighted by Gasteiger charge is -2.38. The van der Waals surface area contributed by atoms with E-state index in [-0.39, 0.29) is 5.75 Å². The van der Waals surface area contributed by atoms with E-state index >= 15 is 0 Å². The van der Waals surface area contributed by atoms with Crippen LogP contribution >= 0.6 is 0 Å². The molecule has 2 aliphatic heterocycles. The van der Waals surface area contributed by atoms with E-state index in [1.165, 1.54) is 19.3 Å². The molecule has 0 spiro atoms. The van der Waals surface area contributed by atoms with Gasteiger partial charge in [-0.3, -0.25) is 0 Å². The van der Waals surface area contributed by atoms with Gasteiger partial charge in [-0.05, 0) is 26.2 Å². The highest BCUT2D eigenvalue weighted by Gasteiger charge is 2.34. The first-order chi connectivity index (χ1) is 11.1. The minimum absolute atomic E-state index is 0.179. The van der Waals surface area contributed by atoms with Crippen LogP contribution in [0.4, 0.5) is 11.6 Å². The van der Waals surface area contributed by atoms with E-state index in [2.05, 4.69) is 20.2 Å². The topological polar surface area (TPSA) is 78.4 Å². The fraction of sp³-hybridized carbons (Fsp3) is 0.733. The summed E-state index contributed by atoms with van der Waals surface area (Å²) in [4.78, 5) is 10.9. The van der Waals surface area contributed by atoms with Crippen LogP contribution in [-0.4, -0.2) is 61.2 Å². The molecule has 2 saturated heterocycles. The van der Waals surface area contributed by atoms with E-state index in [4.69, 9.17) is 0 Å². The number of nitrogens with one attached hydrogen (secondary N) is 1. The third kappa shape index (κ3) is 3.92. The third-order valence-corrected chi connectivity index (χ3v) is 6.40. The molecule has 3 heterocycles. The van der Waals surface area contributed by atoms with Crippen molar-refractivity contribution in [3.63, 3.8) is 0 Å². The van der Waals surface area contributed by atoms with E-state index in [0.29, 0.717) is 19.0 Å². The largest absolute Gasteiger partial charge is 0.370 e. The van der Waals surface area contributed by atoms with Gasteiger partial charge in [0.2, 0.25) is 10.0 Å². The number of sulfonamides is 1. The van der Waals surface area contributed by atoms with Crippen LogP contribution < -0.4 is 10.2 Å². The summed E-state index contributed by atoms with van der Waals surface area (Å²) in [5.41, 5.74) is 0. The second kappa shape index (κ2) is 7.00. The Hall–Kier alpha value is -1.41. The zero-order valence-corrected chi connectivity index (χ0v) is 14.4. The number of anilines is 2.